The summed E-state index contributed by atoms with van der Waals surface area (Å²) in [6.07, 6.45) is 3.38. The molecule has 1 aliphatic rings. The Morgan fingerprint density at radius 3 is 2.95 bits per heavy atom. The topological polar surface area (TPSA) is 80.4 Å². The fourth-order valence-corrected chi connectivity index (χ4v) is 2.71. The van der Waals surface area contributed by atoms with Crippen molar-refractivity contribution in [1.29, 1.82) is 0 Å². The third-order valence-electron chi connectivity index (χ3n) is 3.83. The van der Waals surface area contributed by atoms with Gasteiger partial charge in [-0.1, -0.05) is 5.16 Å². The predicted octanol–water partition coefficient (Wildman–Crippen LogP) is 2.05. The minimum atomic E-state index is -0.199. The minimum absolute atomic E-state index is 0.0891. The van der Waals surface area contributed by atoms with E-state index in [-0.39, 0.29) is 17.6 Å². The van der Waals surface area contributed by atoms with Crippen LogP contribution in [0.5, 0.6) is 0 Å². The first-order chi connectivity index (χ1) is 10.5. The van der Waals surface area contributed by atoms with Crippen LogP contribution >= 0.6 is 0 Å². The van der Waals surface area contributed by atoms with Crippen LogP contribution in [0.4, 0.5) is 10.5 Å². The zero-order valence-electron chi connectivity index (χ0n) is 12.6. The van der Waals surface area contributed by atoms with Crippen molar-refractivity contribution in [3.8, 4) is 0 Å². The van der Waals surface area contributed by atoms with Crippen LogP contribution in [0.25, 0.3) is 0 Å². The van der Waals surface area contributed by atoms with Gasteiger partial charge < -0.3 is 19.3 Å². The molecule has 0 unspecified atom stereocenters. The van der Waals surface area contributed by atoms with Gasteiger partial charge in [-0.05, 0) is 25.8 Å². The molecule has 22 heavy (non-hydrogen) atoms. The lowest BCUT2D eigenvalue weighted by atomic mass is 10.1. The molecule has 1 aliphatic heterocycles. The molecule has 0 bridgehead atoms. The van der Waals surface area contributed by atoms with Crippen LogP contribution < -0.4 is 10.9 Å². The summed E-state index contributed by atoms with van der Waals surface area (Å²) in [5, 5.41) is 6.71. The monoisotopic (exact) mass is 302 g/mol. The molecule has 0 aromatic carbocycles. The molecule has 2 aromatic rings. The van der Waals surface area contributed by atoms with E-state index in [0.717, 1.165) is 18.5 Å². The molecule has 116 valence electrons. The van der Waals surface area contributed by atoms with Gasteiger partial charge in [-0.25, -0.2) is 4.79 Å². The van der Waals surface area contributed by atoms with Crippen molar-refractivity contribution in [3.05, 3.63) is 46.2 Å². The lowest BCUT2D eigenvalue weighted by molar-refractivity contribution is 0.195. The third kappa shape index (κ3) is 2.74. The number of likely N-dealkylation sites (tertiary alicyclic amines) is 1. The molecular formula is C15H18N4O3. The van der Waals surface area contributed by atoms with Crippen molar-refractivity contribution in [1.82, 2.24) is 14.6 Å². The van der Waals surface area contributed by atoms with Crippen LogP contribution in [0.1, 0.15) is 30.3 Å². The Kier molecular flexibility index (Phi) is 3.70. The van der Waals surface area contributed by atoms with E-state index in [2.05, 4.69) is 10.5 Å². The first-order valence-electron chi connectivity index (χ1n) is 7.22. The molecule has 1 atom stereocenters. The Hall–Kier alpha value is -2.57. The van der Waals surface area contributed by atoms with E-state index in [1.165, 1.54) is 10.6 Å². The largest absolute Gasteiger partial charge is 0.359 e. The first kappa shape index (κ1) is 14.4. The van der Waals surface area contributed by atoms with E-state index in [1.54, 1.807) is 24.2 Å². The highest BCUT2D eigenvalue weighted by atomic mass is 16.5. The Balaban J connectivity index is 1.76. The van der Waals surface area contributed by atoms with Gasteiger partial charge in [0, 0.05) is 31.9 Å². The number of rotatable bonds is 2. The van der Waals surface area contributed by atoms with E-state index in [1.807, 2.05) is 13.0 Å². The summed E-state index contributed by atoms with van der Waals surface area (Å²) in [4.78, 5) is 25.6. The number of amides is 2. The van der Waals surface area contributed by atoms with E-state index in [0.29, 0.717) is 18.0 Å². The van der Waals surface area contributed by atoms with Crippen LogP contribution in [-0.4, -0.2) is 27.2 Å². The quantitative estimate of drug-likeness (QED) is 0.920. The maximum absolute atomic E-state index is 12.5. The van der Waals surface area contributed by atoms with Gasteiger partial charge in [-0.15, -0.1) is 0 Å². The van der Waals surface area contributed by atoms with Gasteiger partial charge in [0.1, 0.15) is 0 Å². The Morgan fingerprint density at radius 1 is 1.45 bits per heavy atom. The number of nitrogens with zero attached hydrogens (tertiary/aromatic N) is 3. The standard InChI is InChI=1S/C15H18N4O3/c1-10-8-13(22-17-10)12-4-3-7-19(12)15(21)16-11-5-6-14(20)18(2)9-11/h5-6,8-9,12H,3-4,7H2,1-2H3,(H,16,21)/t12-/m0/s1. The molecule has 1 N–H and O–H groups in total. The average molecular weight is 302 g/mol. The molecule has 2 aromatic heterocycles. The maximum atomic E-state index is 12.5. The second-order valence-electron chi connectivity index (χ2n) is 5.52. The number of aromatic nitrogens is 2. The second kappa shape index (κ2) is 5.67. The van der Waals surface area contributed by atoms with Crippen molar-refractivity contribution >= 4 is 11.7 Å². The number of carbonyl (C=O) groups excluding carboxylic acids is 1. The van der Waals surface area contributed by atoms with Crippen molar-refractivity contribution < 1.29 is 9.32 Å². The number of urea groups is 1. The Morgan fingerprint density at radius 2 is 2.27 bits per heavy atom. The molecule has 3 heterocycles. The molecule has 7 nitrogen and oxygen atoms in total. The second-order valence-corrected chi connectivity index (χ2v) is 5.52. The van der Waals surface area contributed by atoms with Gasteiger partial charge in [0.25, 0.3) is 0 Å². The number of hydrogen-bond donors (Lipinski definition) is 1. The normalized spacial score (nSPS) is 17.7. The van der Waals surface area contributed by atoms with Crippen LogP contribution in [0.15, 0.2) is 33.7 Å². The smallest absolute Gasteiger partial charge is 0.322 e. The fraction of sp³-hybridized carbons (Fsp3) is 0.400. The van der Waals surface area contributed by atoms with Gasteiger partial charge in [0.2, 0.25) is 5.56 Å². The van der Waals surface area contributed by atoms with Gasteiger partial charge in [-0.2, -0.15) is 0 Å². The number of pyridine rings is 1. The van der Waals surface area contributed by atoms with Crippen molar-refractivity contribution in [2.24, 2.45) is 7.05 Å². The summed E-state index contributed by atoms with van der Waals surface area (Å²) in [5.74, 6) is 0.714. The first-order valence-corrected chi connectivity index (χ1v) is 7.22. The van der Waals surface area contributed by atoms with Gasteiger partial charge in [0.15, 0.2) is 5.76 Å². The van der Waals surface area contributed by atoms with E-state index >= 15 is 0 Å². The highest BCUT2D eigenvalue weighted by Gasteiger charge is 2.32. The van der Waals surface area contributed by atoms with Crippen LogP contribution in [0, 0.1) is 6.92 Å². The lowest BCUT2D eigenvalue weighted by Crippen LogP contribution is -2.34. The molecule has 0 saturated carbocycles. The summed E-state index contributed by atoms with van der Waals surface area (Å²) in [6, 6.07) is 4.60. The van der Waals surface area contributed by atoms with Crippen molar-refractivity contribution in [3.63, 3.8) is 0 Å². The van der Waals surface area contributed by atoms with Gasteiger partial charge in [-0.3, -0.25) is 4.79 Å². The predicted molar refractivity (Wildman–Crippen MR) is 80.6 cm³/mol. The summed E-state index contributed by atoms with van der Waals surface area (Å²) in [6.45, 7) is 2.53. The van der Waals surface area contributed by atoms with E-state index in [9.17, 15) is 9.59 Å². The van der Waals surface area contributed by atoms with Crippen LogP contribution in [0.2, 0.25) is 0 Å². The zero-order valence-corrected chi connectivity index (χ0v) is 12.6. The van der Waals surface area contributed by atoms with Crippen LogP contribution in [-0.2, 0) is 7.05 Å². The summed E-state index contributed by atoms with van der Waals surface area (Å²) >= 11 is 0. The molecule has 1 saturated heterocycles. The van der Waals surface area contributed by atoms with Gasteiger partial charge >= 0.3 is 6.03 Å². The molecule has 0 aliphatic carbocycles. The molecule has 1 fully saturated rings. The number of anilines is 1. The van der Waals surface area contributed by atoms with Crippen molar-refractivity contribution in [2.75, 3.05) is 11.9 Å². The number of nitrogens with one attached hydrogen (secondary N) is 1. The SMILES string of the molecule is Cc1cc([C@@H]2CCCN2C(=O)Nc2ccc(=O)n(C)c2)on1. The average Bonchev–Trinajstić information content (AvgIpc) is 3.11. The van der Waals surface area contributed by atoms with Crippen molar-refractivity contribution in [2.45, 2.75) is 25.8 Å². The highest BCUT2D eigenvalue weighted by molar-refractivity contribution is 5.89. The van der Waals surface area contributed by atoms with E-state index in [4.69, 9.17) is 4.52 Å². The van der Waals surface area contributed by atoms with Gasteiger partial charge in [0.05, 0.1) is 17.4 Å². The third-order valence-corrected chi connectivity index (χ3v) is 3.83. The fourth-order valence-electron chi connectivity index (χ4n) is 2.71. The maximum Gasteiger partial charge on any atom is 0.322 e. The Labute approximate surface area is 127 Å². The number of carbonyl (C=O) groups is 1. The lowest BCUT2D eigenvalue weighted by Gasteiger charge is -2.23. The van der Waals surface area contributed by atoms with Crippen LogP contribution in [0.3, 0.4) is 0 Å². The highest BCUT2D eigenvalue weighted by Crippen LogP contribution is 2.32. The molecule has 2 amide bonds. The summed E-state index contributed by atoms with van der Waals surface area (Å²) in [7, 11) is 1.65. The molecule has 3 rings (SSSR count). The minimum Gasteiger partial charge on any atom is -0.359 e. The zero-order chi connectivity index (χ0) is 15.7. The molecule has 0 spiro atoms. The molecule has 7 heteroatoms. The number of hydrogen-bond acceptors (Lipinski definition) is 4. The summed E-state index contributed by atoms with van der Waals surface area (Å²) in [5.41, 5.74) is 1.28. The van der Waals surface area contributed by atoms with E-state index < -0.39 is 0 Å². The molecular weight excluding hydrogens is 284 g/mol. The molecule has 0 radical (unpaired) electrons. The Bertz CT molecular complexity index is 749. The summed E-state index contributed by atoms with van der Waals surface area (Å²) < 4.78 is 6.72. The number of aryl methyl sites for hydroxylation is 2.